The Morgan fingerprint density at radius 3 is 2.62 bits per heavy atom. The molecule has 4 aromatic rings. The van der Waals surface area contributed by atoms with Crippen molar-refractivity contribution >= 4 is 17.3 Å². The first kappa shape index (κ1) is 28.8. The van der Waals surface area contributed by atoms with Gasteiger partial charge < -0.3 is 14.5 Å². The minimum absolute atomic E-state index is 0.0807. The fourth-order valence-electron chi connectivity index (χ4n) is 4.07. The lowest BCUT2D eigenvalue weighted by Gasteiger charge is -2.19. The van der Waals surface area contributed by atoms with Crippen LogP contribution in [-0.4, -0.2) is 79.0 Å². The van der Waals surface area contributed by atoms with E-state index in [-0.39, 0.29) is 35.8 Å². The van der Waals surface area contributed by atoms with Crippen molar-refractivity contribution in [1.82, 2.24) is 38.7 Å². The van der Waals surface area contributed by atoms with Crippen LogP contribution in [0.3, 0.4) is 0 Å². The molecule has 1 amide bonds. The molecule has 0 aliphatic rings. The van der Waals surface area contributed by atoms with Crippen LogP contribution in [0.15, 0.2) is 47.8 Å². The Morgan fingerprint density at radius 1 is 1.15 bits per heavy atom. The van der Waals surface area contributed by atoms with Gasteiger partial charge in [0.05, 0.1) is 23.9 Å². The molecule has 40 heavy (non-hydrogen) atoms. The number of alkyl halides is 3. The highest BCUT2D eigenvalue weighted by Gasteiger charge is 2.30. The number of carbonyl (C=O) groups excluding carboxylic acids is 1. The predicted molar refractivity (Wildman–Crippen MR) is 142 cm³/mol. The van der Waals surface area contributed by atoms with Gasteiger partial charge in [-0.2, -0.15) is 18.3 Å². The van der Waals surface area contributed by atoms with Crippen LogP contribution < -0.4 is 5.56 Å². The van der Waals surface area contributed by atoms with Gasteiger partial charge in [-0.1, -0.05) is 19.1 Å². The largest absolute Gasteiger partial charge is 0.428 e. The summed E-state index contributed by atoms with van der Waals surface area (Å²) in [7, 11) is 5.40. The number of carbonyl (C=O) groups is 1. The number of imidazole rings is 1. The third-order valence-electron chi connectivity index (χ3n) is 6.20. The number of aromatic nitrogens is 6. The minimum atomic E-state index is -4.45. The molecule has 0 atom stereocenters. The van der Waals surface area contributed by atoms with Crippen molar-refractivity contribution in [2.24, 2.45) is 0 Å². The number of fused-ring (bicyclic) bond motifs is 1. The average Bonchev–Trinajstić information content (AvgIpc) is 3.52. The molecule has 0 saturated heterocycles. The summed E-state index contributed by atoms with van der Waals surface area (Å²) in [6, 6.07) is 5.01. The standard InChI is InChI=1S/C26H31F3N8O3/c1-5-9-35-16-30-22-21(24(35)38)37(17-40-25(39)34(4)11-10-33(2)3)23(32-22)19-13-31-36(15-19)14-18-7-6-8-20(12-18)26(27,28)29/h6-8,12-13,15-16H,5,9-11,14,17H2,1-4H3. The van der Waals surface area contributed by atoms with Crippen LogP contribution in [0.25, 0.3) is 22.6 Å². The predicted octanol–water partition coefficient (Wildman–Crippen LogP) is 3.52. The number of amides is 1. The summed E-state index contributed by atoms with van der Waals surface area (Å²) in [5.74, 6) is 0.285. The van der Waals surface area contributed by atoms with Gasteiger partial charge in [-0.3, -0.25) is 18.6 Å². The maximum Gasteiger partial charge on any atom is 0.416 e. The number of benzene rings is 1. The lowest BCUT2D eigenvalue weighted by Crippen LogP contribution is -2.34. The molecule has 214 valence electrons. The zero-order valence-electron chi connectivity index (χ0n) is 22.7. The number of halogens is 3. The molecule has 0 unspecified atom stereocenters. The minimum Gasteiger partial charge on any atom is -0.428 e. The van der Waals surface area contributed by atoms with E-state index in [0.717, 1.165) is 12.1 Å². The first-order valence-electron chi connectivity index (χ1n) is 12.6. The number of nitrogens with zero attached hydrogens (tertiary/aromatic N) is 8. The Labute approximate surface area is 228 Å². The van der Waals surface area contributed by atoms with Crippen molar-refractivity contribution in [1.29, 1.82) is 0 Å². The molecule has 0 N–H and O–H groups in total. The normalized spacial score (nSPS) is 11.9. The molecule has 0 bridgehead atoms. The van der Waals surface area contributed by atoms with Crippen molar-refractivity contribution in [3.63, 3.8) is 0 Å². The first-order chi connectivity index (χ1) is 19.0. The fourth-order valence-corrected chi connectivity index (χ4v) is 4.07. The summed E-state index contributed by atoms with van der Waals surface area (Å²) in [5.41, 5.74) is 0.153. The molecular weight excluding hydrogens is 529 g/mol. The summed E-state index contributed by atoms with van der Waals surface area (Å²) in [5, 5.41) is 4.28. The van der Waals surface area contributed by atoms with Crippen molar-refractivity contribution in [2.45, 2.75) is 39.3 Å². The van der Waals surface area contributed by atoms with Crippen molar-refractivity contribution in [3.8, 4) is 11.4 Å². The van der Waals surface area contributed by atoms with Crippen molar-refractivity contribution < 1.29 is 22.7 Å². The summed E-state index contributed by atoms with van der Waals surface area (Å²) in [4.78, 5) is 38.2. The summed E-state index contributed by atoms with van der Waals surface area (Å²) >= 11 is 0. The second-order valence-corrected chi connectivity index (χ2v) is 9.67. The number of hydrogen-bond acceptors (Lipinski definition) is 7. The maximum absolute atomic E-state index is 13.3. The highest BCUT2D eigenvalue weighted by molar-refractivity contribution is 5.76. The molecule has 1 aromatic carbocycles. The number of aryl methyl sites for hydroxylation is 1. The van der Waals surface area contributed by atoms with E-state index < -0.39 is 17.8 Å². The maximum atomic E-state index is 13.3. The Morgan fingerprint density at radius 2 is 1.93 bits per heavy atom. The van der Waals surface area contributed by atoms with Crippen LogP contribution in [0.1, 0.15) is 24.5 Å². The van der Waals surface area contributed by atoms with Gasteiger partial charge in [0.2, 0.25) is 0 Å². The molecule has 3 aromatic heterocycles. The van der Waals surface area contributed by atoms with Gasteiger partial charge in [0.15, 0.2) is 17.9 Å². The molecule has 11 nitrogen and oxygen atoms in total. The zero-order chi connectivity index (χ0) is 29.0. The van der Waals surface area contributed by atoms with Crippen LogP contribution in [0, 0.1) is 0 Å². The second kappa shape index (κ2) is 11.9. The van der Waals surface area contributed by atoms with Crippen LogP contribution in [-0.2, 0) is 30.7 Å². The first-order valence-corrected chi connectivity index (χ1v) is 12.6. The van der Waals surface area contributed by atoms with Gasteiger partial charge in [0.25, 0.3) is 5.56 Å². The van der Waals surface area contributed by atoms with E-state index in [9.17, 15) is 22.8 Å². The number of likely N-dealkylation sites (N-methyl/N-ethyl adjacent to an activating group) is 2. The highest BCUT2D eigenvalue weighted by atomic mass is 19.4. The van der Waals surface area contributed by atoms with Gasteiger partial charge in [-0.15, -0.1) is 0 Å². The number of rotatable bonds is 10. The van der Waals surface area contributed by atoms with E-state index in [0.29, 0.717) is 37.2 Å². The molecule has 14 heteroatoms. The highest BCUT2D eigenvalue weighted by Crippen LogP contribution is 2.30. The molecule has 0 spiro atoms. The zero-order valence-corrected chi connectivity index (χ0v) is 22.7. The molecule has 4 rings (SSSR count). The lowest BCUT2D eigenvalue weighted by atomic mass is 10.1. The van der Waals surface area contributed by atoms with Crippen molar-refractivity contribution in [3.05, 3.63) is 64.5 Å². The van der Waals surface area contributed by atoms with E-state index in [1.165, 1.54) is 37.3 Å². The molecule has 0 fully saturated rings. The average molecular weight is 561 g/mol. The van der Waals surface area contributed by atoms with Crippen LogP contribution in [0.4, 0.5) is 18.0 Å². The van der Waals surface area contributed by atoms with E-state index >= 15 is 0 Å². The van der Waals surface area contributed by atoms with E-state index in [4.69, 9.17) is 4.74 Å². The topological polar surface area (TPSA) is 103 Å². The summed E-state index contributed by atoms with van der Waals surface area (Å²) < 4.78 is 49.4. The fraction of sp³-hybridized carbons (Fsp3) is 0.423. The Balaban J connectivity index is 1.66. The van der Waals surface area contributed by atoms with E-state index in [1.807, 2.05) is 25.9 Å². The SMILES string of the molecule is CCCn1cnc2nc(-c3cnn(Cc4cccc(C(F)(F)F)c4)c3)n(COC(=O)N(C)CCN(C)C)c2c1=O. The van der Waals surface area contributed by atoms with Crippen molar-refractivity contribution in [2.75, 3.05) is 34.2 Å². The van der Waals surface area contributed by atoms with E-state index in [1.54, 1.807) is 19.3 Å². The Hall–Kier alpha value is -4.20. The molecule has 0 radical (unpaired) electrons. The van der Waals surface area contributed by atoms with Gasteiger partial charge in [-0.25, -0.2) is 14.8 Å². The van der Waals surface area contributed by atoms with Gasteiger partial charge in [0, 0.05) is 32.9 Å². The third-order valence-corrected chi connectivity index (χ3v) is 6.20. The van der Waals surface area contributed by atoms with Crippen LogP contribution in [0.2, 0.25) is 0 Å². The van der Waals surface area contributed by atoms with Gasteiger partial charge >= 0.3 is 12.3 Å². The third kappa shape index (κ3) is 6.50. The second-order valence-electron chi connectivity index (χ2n) is 9.67. The number of hydrogen-bond donors (Lipinski definition) is 0. The summed E-state index contributed by atoms with van der Waals surface area (Å²) in [6.45, 7) is 3.24. The quantitative estimate of drug-likeness (QED) is 0.292. The van der Waals surface area contributed by atoms with Crippen LogP contribution in [0.5, 0.6) is 0 Å². The van der Waals surface area contributed by atoms with Crippen LogP contribution >= 0.6 is 0 Å². The van der Waals surface area contributed by atoms with E-state index in [2.05, 4.69) is 15.1 Å². The smallest absolute Gasteiger partial charge is 0.416 e. The summed E-state index contributed by atoms with van der Waals surface area (Å²) in [6.07, 6.45) is 0.197. The molecular formula is C26H31F3N8O3. The van der Waals surface area contributed by atoms with Gasteiger partial charge in [0.1, 0.15) is 12.2 Å². The Bertz CT molecular complexity index is 1540. The Kier molecular flexibility index (Phi) is 8.57. The van der Waals surface area contributed by atoms with Gasteiger partial charge in [-0.05, 0) is 38.2 Å². The number of ether oxygens (including phenoxy) is 1. The molecule has 3 heterocycles. The molecule has 0 saturated carbocycles. The molecule has 0 aliphatic carbocycles. The molecule has 0 aliphatic heterocycles. The lowest BCUT2D eigenvalue weighted by molar-refractivity contribution is -0.137. The monoisotopic (exact) mass is 560 g/mol.